The van der Waals surface area contributed by atoms with Gasteiger partial charge < -0.3 is 20.1 Å². The van der Waals surface area contributed by atoms with Crippen LogP contribution in [0.1, 0.15) is 65.7 Å². The Kier molecular flexibility index (Phi) is 5.45. The molecule has 0 radical (unpaired) electrons. The summed E-state index contributed by atoms with van der Waals surface area (Å²) in [4.78, 5) is 4.56. The van der Waals surface area contributed by atoms with E-state index in [4.69, 9.17) is 9.47 Å². The lowest BCUT2D eigenvalue weighted by Crippen LogP contribution is -2.69. The van der Waals surface area contributed by atoms with Crippen LogP contribution in [0.3, 0.4) is 0 Å². The van der Waals surface area contributed by atoms with Crippen LogP contribution < -0.4 is 10.6 Å². The minimum Gasteiger partial charge on any atom is -0.377 e. The maximum Gasteiger partial charge on any atom is 0.191 e. The molecule has 5 unspecified atom stereocenters. The molecule has 1 spiro atoms. The smallest absolute Gasteiger partial charge is 0.191 e. The zero-order chi connectivity index (χ0) is 19.1. The Bertz CT molecular complexity index is 550. The first-order valence-electron chi connectivity index (χ1n) is 11.2. The molecule has 4 aliphatic rings. The average Bonchev–Trinajstić information content (AvgIpc) is 3.30. The van der Waals surface area contributed by atoms with Gasteiger partial charge in [0.1, 0.15) is 0 Å². The molecule has 0 bridgehead atoms. The van der Waals surface area contributed by atoms with Crippen molar-refractivity contribution in [2.24, 2.45) is 27.7 Å². The fourth-order valence-corrected chi connectivity index (χ4v) is 6.48. The maximum absolute atomic E-state index is 6.15. The van der Waals surface area contributed by atoms with Crippen molar-refractivity contribution in [3.05, 3.63) is 0 Å². The Labute approximate surface area is 165 Å². The molecular formula is C22H39N3O2. The summed E-state index contributed by atoms with van der Waals surface area (Å²) in [6.45, 7) is 9.66. The van der Waals surface area contributed by atoms with E-state index in [1.807, 2.05) is 7.05 Å². The van der Waals surface area contributed by atoms with Crippen molar-refractivity contribution in [2.45, 2.75) is 84.0 Å². The van der Waals surface area contributed by atoms with Crippen molar-refractivity contribution in [1.29, 1.82) is 0 Å². The predicted octanol–water partition coefficient (Wildman–Crippen LogP) is 3.34. The molecule has 154 valence electrons. The van der Waals surface area contributed by atoms with E-state index >= 15 is 0 Å². The fraction of sp³-hybridized carbons (Fsp3) is 0.955. The third kappa shape index (κ3) is 3.50. The van der Waals surface area contributed by atoms with Gasteiger partial charge in [-0.2, -0.15) is 0 Å². The molecule has 2 aliphatic carbocycles. The van der Waals surface area contributed by atoms with Crippen molar-refractivity contribution >= 4 is 5.96 Å². The standard InChI is InChI=1S/C22H39N3O2/c1-21(2,3)18-15(8-7-12-26-18)14-24-20(23-4)25-17-16-9-13-27-19(16)22(17)10-5-6-11-22/h15-19H,5-14H2,1-4H3,(H2,23,24,25). The molecule has 0 aromatic carbocycles. The van der Waals surface area contributed by atoms with E-state index in [-0.39, 0.29) is 5.41 Å². The summed E-state index contributed by atoms with van der Waals surface area (Å²) < 4.78 is 12.3. The maximum atomic E-state index is 6.15. The second-order valence-corrected chi connectivity index (χ2v) is 10.3. The van der Waals surface area contributed by atoms with Crippen LogP contribution in [0.5, 0.6) is 0 Å². The molecule has 2 saturated heterocycles. The number of rotatable bonds is 3. The molecule has 4 fully saturated rings. The molecule has 27 heavy (non-hydrogen) atoms. The van der Waals surface area contributed by atoms with Crippen LogP contribution in [0.4, 0.5) is 0 Å². The van der Waals surface area contributed by atoms with Gasteiger partial charge in [0.2, 0.25) is 0 Å². The number of ether oxygens (including phenoxy) is 2. The van der Waals surface area contributed by atoms with Gasteiger partial charge >= 0.3 is 0 Å². The summed E-state index contributed by atoms with van der Waals surface area (Å²) in [5, 5.41) is 7.46. The van der Waals surface area contributed by atoms with Crippen LogP contribution in [-0.2, 0) is 9.47 Å². The van der Waals surface area contributed by atoms with E-state index < -0.39 is 0 Å². The van der Waals surface area contributed by atoms with Gasteiger partial charge in [0.15, 0.2) is 5.96 Å². The zero-order valence-electron chi connectivity index (χ0n) is 17.7. The minimum absolute atomic E-state index is 0.181. The van der Waals surface area contributed by atoms with E-state index in [9.17, 15) is 0 Å². The van der Waals surface area contributed by atoms with Crippen LogP contribution in [0.2, 0.25) is 0 Å². The number of aliphatic imine (C=N–C) groups is 1. The van der Waals surface area contributed by atoms with Gasteiger partial charge in [0.25, 0.3) is 0 Å². The first-order chi connectivity index (χ1) is 13.0. The summed E-state index contributed by atoms with van der Waals surface area (Å²) in [6.07, 6.45) is 9.73. The Morgan fingerprint density at radius 3 is 2.56 bits per heavy atom. The molecule has 5 nitrogen and oxygen atoms in total. The lowest BCUT2D eigenvalue weighted by molar-refractivity contribution is -0.125. The van der Waals surface area contributed by atoms with Crippen LogP contribution in [0.25, 0.3) is 0 Å². The Balaban J connectivity index is 1.37. The molecule has 2 N–H and O–H groups in total. The Morgan fingerprint density at radius 1 is 1.07 bits per heavy atom. The molecule has 5 atom stereocenters. The molecule has 2 heterocycles. The highest BCUT2D eigenvalue weighted by Gasteiger charge is 2.65. The third-order valence-electron chi connectivity index (χ3n) is 7.63. The molecule has 2 aliphatic heterocycles. The number of nitrogens with one attached hydrogen (secondary N) is 2. The molecule has 4 rings (SSSR count). The summed E-state index contributed by atoms with van der Waals surface area (Å²) in [5.74, 6) is 2.18. The van der Waals surface area contributed by atoms with Crippen LogP contribution in [-0.4, -0.2) is 51.0 Å². The van der Waals surface area contributed by atoms with Gasteiger partial charge in [0, 0.05) is 50.1 Å². The monoisotopic (exact) mass is 377 g/mol. The number of fused-ring (bicyclic) bond motifs is 2. The van der Waals surface area contributed by atoms with Crippen molar-refractivity contribution < 1.29 is 9.47 Å². The first kappa shape index (κ1) is 19.5. The van der Waals surface area contributed by atoms with Crippen LogP contribution in [0, 0.1) is 22.7 Å². The minimum atomic E-state index is 0.181. The largest absolute Gasteiger partial charge is 0.377 e. The molecule has 0 amide bonds. The number of hydrogen-bond acceptors (Lipinski definition) is 3. The van der Waals surface area contributed by atoms with E-state index in [1.165, 1.54) is 38.5 Å². The Morgan fingerprint density at radius 2 is 1.85 bits per heavy atom. The first-order valence-corrected chi connectivity index (χ1v) is 11.2. The van der Waals surface area contributed by atoms with Gasteiger partial charge in [-0.1, -0.05) is 33.6 Å². The summed E-state index contributed by atoms with van der Waals surface area (Å²) >= 11 is 0. The third-order valence-corrected chi connectivity index (χ3v) is 7.63. The number of guanidine groups is 1. The second kappa shape index (κ2) is 7.55. The highest BCUT2D eigenvalue weighted by Crippen LogP contribution is 2.60. The van der Waals surface area contributed by atoms with Gasteiger partial charge in [-0.25, -0.2) is 0 Å². The highest BCUT2D eigenvalue weighted by atomic mass is 16.5. The van der Waals surface area contributed by atoms with Gasteiger partial charge in [-0.3, -0.25) is 4.99 Å². The van der Waals surface area contributed by atoms with Crippen LogP contribution >= 0.6 is 0 Å². The lowest BCUT2D eigenvalue weighted by atomic mass is 9.54. The summed E-state index contributed by atoms with van der Waals surface area (Å²) in [7, 11) is 1.90. The molecular weight excluding hydrogens is 338 g/mol. The highest BCUT2D eigenvalue weighted by molar-refractivity contribution is 5.80. The van der Waals surface area contributed by atoms with Gasteiger partial charge in [0.05, 0.1) is 12.2 Å². The Hall–Kier alpha value is -0.810. The summed E-state index contributed by atoms with van der Waals surface area (Å²) in [6, 6.07) is 0.528. The quantitative estimate of drug-likeness (QED) is 0.585. The molecule has 0 aromatic heterocycles. The van der Waals surface area contributed by atoms with E-state index in [0.29, 0.717) is 35.5 Å². The van der Waals surface area contributed by atoms with Crippen molar-refractivity contribution in [2.75, 3.05) is 26.8 Å². The molecule has 0 aromatic rings. The number of nitrogens with zero attached hydrogens (tertiary/aromatic N) is 1. The second-order valence-electron chi connectivity index (χ2n) is 10.3. The van der Waals surface area contributed by atoms with Crippen molar-refractivity contribution in [1.82, 2.24) is 10.6 Å². The van der Waals surface area contributed by atoms with Gasteiger partial charge in [-0.15, -0.1) is 0 Å². The summed E-state index contributed by atoms with van der Waals surface area (Å²) in [5.41, 5.74) is 0.542. The SMILES string of the molecule is CN=C(NCC1CCCOC1C(C)(C)C)NC1C2CCOC2C12CCCC2. The zero-order valence-corrected chi connectivity index (χ0v) is 17.7. The average molecular weight is 378 g/mol. The van der Waals surface area contributed by atoms with E-state index in [2.05, 4.69) is 36.4 Å². The molecule has 2 saturated carbocycles. The number of hydrogen-bond donors (Lipinski definition) is 2. The fourth-order valence-electron chi connectivity index (χ4n) is 6.48. The van der Waals surface area contributed by atoms with E-state index in [1.54, 1.807) is 0 Å². The topological polar surface area (TPSA) is 54.9 Å². The van der Waals surface area contributed by atoms with Crippen LogP contribution in [0.15, 0.2) is 4.99 Å². The van der Waals surface area contributed by atoms with Gasteiger partial charge in [-0.05, 0) is 37.5 Å². The normalized spacial score (nSPS) is 38.5. The lowest BCUT2D eigenvalue weighted by Gasteiger charge is -2.57. The van der Waals surface area contributed by atoms with E-state index in [0.717, 1.165) is 32.1 Å². The molecule has 5 heteroatoms. The predicted molar refractivity (Wildman–Crippen MR) is 109 cm³/mol. The van der Waals surface area contributed by atoms with Crippen molar-refractivity contribution in [3.63, 3.8) is 0 Å². The van der Waals surface area contributed by atoms with Crippen molar-refractivity contribution in [3.8, 4) is 0 Å².